The van der Waals surface area contributed by atoms with Gasteiger partial charge in [-0.15, -0.1) is 0 Å². The molecular weight excluding hydrogens is 366 g/mol. The van der Waals surface area contributed by atoms with Crippen molar-refractivity contribution in [2.75, 3.05) is 26.2 Å². The average molecular weight is 390 g/mol. The van der Waals surface area contributed by atoms with Crippen molar-refractivity contribution in [3.8, 4) is 0 Å². The van der Waals surface area contributed by atoms with E-state index in [1.54, 1.807) is 0 Å². The predicted molar refractivity (Wildman–Crippen MR) is 117 cm³/mol. The molecule has 1 fully saturated rings. The van der Waals surface area contributed by atoms with Gasteiger partial charge in [0, 0.05) is 31.2 Å². The SMILES string of the molecule is Clc1ccc(C(c2ccccc2)N2CCN(/N=C/c3ccccc3)CC2)cc1. The minimum atomic E-state index is 0.235. The van der Waals surface area contributed by atoms with E-state index in [-0.39, 0.29) is 6.04 Å². The predicted octanol–water partition coefficient (Wildman–Crippen LogP) is 5.08. The molecule has 3 nitrogen and oxygen atoms in total. The van der Waals surface area contributed by atoms with Crippen LogP contribution in [0.25, 0.3) is 0 Å². The first-order valence-electron chi connectivity index (χ1n) is 9.68. The van der Waals surface area contributed by atoms with Crippen LogP contribution in [0.2, 0.25) is 5.02 Å². The Morgan fingerprint density at radius 2 is 1.29 bits per heavy atom. The van der Waals surface area contributed by atoms with Gasteiger partial charge in [0.15, 0.2) is 0 Å². The Bertz CT molecular complexity index is 886. The van der Waals surface area contributed by atoms with Crippen LogP contribution in [0.5, 0.6) is 0 Å². The van der Waals surface area contributed by atoms with Crippen molar-refractivity contribution in [1.29, 1.82) is 0 Å². The van der Waals surface area contributed by atoms with Gasteiger partial charge < -0.3 is 0 Å². The number of piperazine rings is 1. The van der Waals surface area contributed by atoms with Gasteiger partial charge in [-0.05, 0) is 28.8 Å². The van der Waals surface area contributed by atoms with Gasteiger partial charge in [0.2, 0.25) is 0 Å². The zero-order chi connectivity index (χ0) is 19.2. The molecule has 0 bridgehead atoms. The summed E-state index contributed by atoms with van der Waals surface area (Å²) in [6, 6.07) is 29.4. The van der Waals surface area contributed by atoms with E-state index < -0.39 is 0 Å². The third-order valence-electron chi connectivity index (χ3n) is 5.13. The maximum absolute atomic E-state index is 6.12. The molecule has 0 radical (unpaired) electrons. The summed E-state index contributed by atoms with van der Waals surface area (Å²) in [7, 11) is 0. The van der Waals surface area contributed by atoms with Gasteiger partial charge >= 0.3 is 0 Å². The highest BCUT2D eigenvalue weighted by atomic mass is 35.5. The molecule has 1 aliphatic rings. The van der Waals surface area contributed by atoms with E-state index in [4.69, 9.17) is 11.6 Å². The number of halogens is 1. The molecule has 3 aromatic rings. The highest BCUT2D eigenvalue weighted by Crippen LogP contribution is 2.30. The highest BCUT2D eigenvalue weighted by molar-refractivity contribution is 6.30. The second-order valence-electron chi connectivity index (χ2n) is 7.01. The summed E-state index contributed by atoms with van der Waals surface area (Å²) in [5.74, 6) is 0. The summed E-state index contributed by atoms with van der Waals surface area (Å²) in [6.45, 7) is 3.77. The Hall–Kier alpha value is -2.62. The summed E-state index contributed by atoms with van der Waals surface area (Å²) in [5.41, 5.74) is 3.72. The van der Waals surface area contributed by atoms with Crippen LogP contribution in [-0.2, 0) is 0 Å². The molecule has 0 N–H and O–H groups in total. The maximum Gasteiger partial charge on any atom is 0.0603 e. The Kier molecular flexibility index (Phi) is 6.05. The van der Waals surface area contributed by atoms with E-state index in [0.717, 1.165) is 36.8 Å². The third-order valence-corrected chi connectivity index (χ3v) is 5.38. The lowest BCUT2D eigenvalue weighted by Crippen LogP contribution is -2.45. The van der Waals surface area contributed by atoms with Crippen LogP contribution in [0, 0.1) is 0 Å². The molecule has 0 aromatic heterocycles. The van der Waals surface area contributed by atoms with Crippen molar-refractivity contribution in [2.24, 2.45) is 5.10 Å². The number of hydrogen-bond acceptors (Lipinski definition) is 3. The summed E-state index contributed by atoms with van der Waals surface area (Å²) < 4.78 is 0. The van der Waals surface area contributed by atoms with Crippen molar-refractivity contribution in [3.63, 3.8) is 0 Å². The van der Waals surface area contributed by atoms with Crippen LogP contribution in [0.1, 0.15) is 22.7 Å². The fourth-order valence-corrected chi connectivity index (χ4v) is 3.79. The summed E-state index contributed by atoms with van der Waals surface area (Å²) >= 11 is 6.12. The van der Waals surface area contributed by atoms with E-state index in [1.165, 1.54) is 11.1 Å². The van der Waals surface area contributed by atoms with Crippen molar-refractivity contribution < 1.29 is 0 Å². The van der Waals surface area contributed by atoms with Gasteiger partial charge in [-0.2, -0.15) is 5.10 Å². The molecular formula is C24H24ClN3. The molecule has 28 heavy (non-hydrogen) atoms. The Labute approximate surface area is 171 Å². The lowest BCUT2D eigenvalue weighted by molar-refractivity contribution is 0.113. The number of nitrogens with zero attached hydrogens (tertiary/aromatic N) is 3. The van der Waals surface area contributed by atoms with Crippen LogP contribution in [0.15, 0.2) is 90.0 Å². The Morgan fingerprint density at radius 1 is 0.714 bits per heavy atom. The van der Waals surface area contributed by atoms with Crippen molar-refractivity contribution in [3.05, 3.63) is 107 Å². The number of hydrazone groups is 1. The van der Waals surface area contributed by atoms with Crippen LogP contribution in [0.3, 0.4) is 0 Å². The van der Waals surface area contributed by atoms with E-state index in [9.17, 15) is 0 Å². The summed E-state index contributed by atoms with van der Waals surface area (Å²) in [5, 5.41) is 7.60. The molecule has 4 rings (SSSR count). The van der Waals surface area contributed by atoms with Gasteiger partial charge in [-0.25, -0.2) is 0 Å². The molecule has 3 aromatic carbocycles. The molecule has 1 aliphatic heterocycles. The van der Waals surface area contributed by atoms with Crippen LogP contribution in [-0.4, -0.2) is 42.3 Å². The maximum atomic E-state index is 6.12. The summed E-state index contributed by atoms with van der Waals surface area (Å²) in [6.07, 6.45) is 1.95. The lowest BCUT2D eigenvalue weighted by Gasteiger charge is -2.38. The molecule has 0 saturated carbocycles. The molecule has 1 heterocycles. The normalized spacial score (nSPS) is 16.4. The quantitative estimate of drug-likeness (QED) is 0.566. The van der Waals surface area contributed by atoms with Gasteiger partial charge in [-0.3, -0.25) is 9.91 Å². The molecule has 1 saturated heterocycles. The lowest BCUT2D eigenvalue weighted by atomic mass is 9.96. The largest absolute Gasteiger partial charge is 0.294 e. The van der Waals surface area contributed by atoms with Crippen molar-refractivity contribution in [2.45, 2.75) is 6.04 Å². The molecule has 4 heteroatoms. The van der Waals surface area contributed by atoms with Gasteiger partial charge in [0.1, 0.15) is 0 Å². The smallest absolute Gasteiger partial charge is 0.0603 e. The zero-order valence-corrected chi connectivity index (χ0v) is 16.5. The minimum Gasteiger partial charge on any atom is -0.294 e. The van der Waals surface area contributed by atoms with E-state index in [2.05, 4.69) is 69.6 Å². The van der Waals surface area contributed by atoms with Crippen LogP contribution >= 0.6 is 11.6 Å². The van der Waals surface area contributed by atoms with Crippen LogP contribution < -0.4 is 0 Å². The minimum absolute atomic E-state index is 0.235. The monoisotopic (exact) mass is 389 g/mol. The molecule has 0 aliphatic carbocycles. The van der Waals surface area contributed by atoms with Crippen molar-refractivity contribution in [1.82, 2.24) is 9.91 Å². The standard InChI is InChI=1S/C24H24ClN3/c25-23-13-11-22(12-14-23)24(21-9-5-2-6-10-21)27-15-17-28(18-16-27)26-19-20-7-3-1-4-8-20/h1-14,19,24H,15-18H2/b26-19+. The molecule has 0 amide bonds. The highest BCUT2D eigenvalue weighted by Gasteiger charge is 2.25. The third kappa shape index (κ3) is 4.61. The van der Waals surface area contributed by atoms with Crippen molar-refractivity contribution >= 4 is 17.8 Å². The first kappa shape index (κ1) is 18.7. The van der Waals surface area contributed by atoms with Gasteiger partial charge in [0.25, 0.3) is 0 Å². The number of hydrogen-bond donors (Lipinski definition) is 0. The Morgan fingerprint density at radius 3 is 1.93 bits per heavy atom. The topological polar surface area (TPSA) is 18.8 Å². The molecule has 1 atom stereocenters. The average Bonchev–Trinajstić information content (AvgIpc) is 2.76. The van der Waals surface area contributed by atoms with Gasteiger partial charge in [0.05, 0.1) is 12.3 Å². The number of rotatable bonds is 5. The fraction of sp³-hybridized carbons (Fsp3) is 0.208. The molecule has 142 valence electrons. The van der Waals surface area contributed by atoms with E-state index in [1.807, 2.05) is 36.5 Å². The molecule has 0 spiro atoms. The first-order valence-corrected chi connectivity index (χ1v) is 10.1. The first-order chi connectivity index (χ1) is 13.8. The molecule has 1 unspecified atom stereocenters. The fourth-order valence-electron chi connectivity index (χ4n) is 3.67. The second kappa shape index (κ2) is 9.05. The number of benzene rings is 3. The van der Waals surface area contributed by atoms with E-state index >= 15 is 0 Å². The zero-order valence-electron chi connectivity index (χ0n) is 15.8. The Balaban J connectivity index is 1.48. The van der Waals surface area contributed by atoms with Crippen LogP contribution in [0.4, 0.5) is 0 Å². The van der Waals surface area contributed by atoms with Gasteiger partial charge in [-0.1, -0.05) is 84.4 Å². The summed E-state index contributed by atoms with van der Waals surface area (Å²) in [4.78, 5) is 2.53. The van der Waals surface area contributed by atoms with E-state index in [0.29, 0.717) is 0 Å². The second-order valence-corrected chi connectivity index (χ2v) is 7.45.